The maximum atomic E-state index is 13.3. The van der Waals surface area contributed by atoms with E-state index in [0.29, 0.717) is 0 Å². The van der Waals surface area contributed by atoms with E-state index in [9.17, 15) is 4.79 Å². The Kier molecular flexibility index (Phi) is 5.94. The molecule has 2 heterocycles. The fourth-order valence-corrected chi connectivity index (χ4v) is 4.31. The second-order valence-electron chi connectivity index (χ2n) is 8.16. The Labute approximate surface area is 184 Å². The normalized spacial score (nSPS) is 16.6. The van der Waals surface area contributed by atoms with Crippen LogP contribution in [0, 0.1) is 13.8 Å². The molecule has 4 rings (SSSR count). The Morgan fingerprint density at radius 1 is 1.16 bits per heavy atom. The predicted molar refractivity (Wildman–Crippen MR) is 123 cm³/mol. The van der Waals surface area contributed by atoms with E-state index in [4.69, 9.17) is 4.74 Å². The fourth-order valence-electron chi connectivity index (χ4n) is 4.31. The monoisotopic (exact) mass is 415 g/mol. The van der Waals surface area contributed by atoms with Crippen molar-refractivity contribution >= 4 is 12.0 Å². The number of methoxy groups -OCH3 is 1. The molecule has 3 aromatic rings. The highest BCUT2D eigenvalue weighted by atomic mass is 16.5. The number of imidazole rings is 1. The third kappa shape index (κ3) is 4.26. The summed E-state index contributed by atoms with van der Waals surface area (Å²) in [6.45, 7) is 6.97. The summed E-state index contributed by atoms with van der Waals surface area (Å²) in [7, 11) is 1.66. The predicted octanol–water partition coefficient (Wildman–Crippen LogP) is 5.26. The highest BCUT2D eigenvalue weighted by molar-refractivity contribution is 5.98. The third-order valence-corrected chi connectivity index (χ3v) is 6.02. The molecule has 5 heteroatoms. The topological polar surface area (TPSA) is 47.4 Å². The molecule has 0 spiro atoms. The second kappa shape index (κ2) is 8.80. The first kappa shape index (κ1) is 20.9. The number of hydrogen-bond donors (Lipinski definition) is 0. The van der Waals surface area contributed by atoms with Crippen molar-refractivity contribution in [2.75, 3.05) is 13.7 Å². The number of carbonyl (C=O) groups is 1. The van der Waals surface area contributed by atoms with Crippen LogP contribution in [0.3, 0.4) is 0 Å². The first-order valence-electron chi connectivity index (χ1n) is 10.7. The van der Waals surface area contributed by atoms with E-state index in [1.54, 1.807) is 13.4 Å². The summed E-state index contributed by atoms with van der Waals surface area (Å²) < 4.78 is 7.57. The molecule has 160 valence electrons. The van der Waals surface area contributed by atoms with E-state index in [0.717, 1.165) is 47.7 Å². The molecule has 31 heavy (non-hydrogen) atoms. The Balaban J connectivity index is 1.61. The quantitative estimate of drug-likeness (QED) is 0.534. The maximum Gasteiger partial charge on any atom is 0.250 e. The maximum absolute atomic E-state index is 13.3. The van der Waals surface area contributed by atoms with Crippen molar-refractivity contribution in [2.24, 2.45) is 0 Å². The van der Waals surface area contributed by atoms with Gasteiger partial charge in [-0.15, -0.1) is 0 Å². The minimum Gasteiger partial charge on any atom is -0.495 e. The molecule has 5 nitrogen and oxygen atoms in total. The van der Waals surface area contributed by atoms with Gasteiger partial charge < -0.3 is 14.2 Å². The van der Waals surface area contributed by atoms with Gasteiger partial charge in [-0.2, -0.15) is 0 Å². The van der Waals surface area contributed by atoms with Crippen LogP contribution in [0.25, 0.3) is 11.8 Å². The van der Waals surface area contributed by atoms with Crippen molar-refractivity contribution in [3.63, 3.8) is 0 Å². The number of rotatable bonds is 5. The lowest BCUT2D eigenvalue weighted by Crippen LogP contribution is -2.39. The number of piperidine rings is 1. The van der Waals surface area contributed by atoms with Crippen molar-refractivity contribution < 1.29 is 9.53 Å². The van der Waals surface area contributed by atoms with Gasteiger partial charge in [0.2, 0.25) is 5.91 Å². The Bertz CT molecular complexity index is 1130. The van der Waals surface area contributed by atoms with E-state index in [2.05, 4.69) is 31.0 Å². The number of aryl methyl sites for hydroxylation is 2. The molecular weight excluding hydrogens is 386 g/mol. The summed E-state index contributed by atoms with van der Waals surface area (Å²) in [6.07, 6.45) is 7.51. The van der Waals surface area contributed by atoms with Crippen LogP contribution in [0.4, 0.5) is 0 Å². The molecule has 0 unspecified atom stereocenters. The molecular formula is C26H29N3O2. The highest BCUT2D eigenvalue weighted by Gasteiger charge is 2.28. The van der Waals surface area contributed by atoms with Crippen molar-refractivity contribution in [1.82, 2.24) is 14.5 Å². The number of amides is 1. The minimum absolute atomic E-state index is 0.0544. The smallest absolute Gasteiger partial charge is 0.250 e. The summed E-state index contributed by atoms with van der Waals surface area (Å²) in [5.41, 5.74) is 6.11. The van der Waals surface area contributed by atoms with Gasteiger partial charge >= 0.3 is 0 Å². The zero-order valence-corrected chi connectivity index (χ0v) is 18.6. The number of benzene rings is 2. The molecule has 0 bridgehead atoms. The molecule has 1 aliphatic rings. The van der Waals surface area contributed by atoms with Crippen LogP contribution in [0.15, 0.2) is 60.6 Å². The molecule has 1 fully saturated rings. The lowest BCUT2D eigenvalue weighted by atomic mass is 9.95. The average molecular weight is 416 g/mol. The molecule has 1 aromatic heterocycles. The minimum atomic E-state index is 0.0544. The van der Waals surface area contributed by atoms with Crippen LogP contribution >= 0.6 is 0 Å². The number of hydrogen-bond acceptors (Lipinski definition) is 3. The summed E-state index contributed by atoms with van der Waals surface area (Å²) in [4.78, 5) is 19.6. The first-order chi connectivity index (χ1) is 15.0. The van der Waals surface area contributed by atoms with E-state index in [1.807, 2.05) is 59.0 Å². The molecule has 0 aliphatic carbocycles. The van der Waals surface area contributed by atoms with Crippen LogP contribution in [-0.2, 0) is 4.79 Å². The van der Waals surface area contributed by atoms with E-state index in [1.165, 1.54) is 11.1 Å². The number of aromatic nitrogens is 2. The van der Waals surface area contributed by atoms with Crippen LogP contribution in [-0.4, -0.2) is 34.0 Å². The molecule has 1 atom stereocenters. The Hall–Kier alpha value is -3.34. The standard InChI is InChI=1S/C26H29N3O2/c1-18-8-5-6-10-23(18)20(3)29-13-7-9-22(26(29)30)14-21-11-12-24(25(15-21)31-4)28-16-19(2)27-17-28/h5-6,8,10-12,14-17,20H,7,9,13H2,1-4H3/b22-14+/t20-/m0/s1. The Morgan fingerprint density at radius 2 is 1.97 bits per heavy atom. The van der Waals surface area contributed by atoms with Gasteiger partial charge in [0, 0.05) is 18.3 Å². The number of carbonyl (C=O) groups excluding carboxylic acids is 1. The summed E-state index contributed by atoms with van der Waals surface area (Å²) >= 11 is 0. The largest absolute Gasteiger partial charge is 0.495 e. The lowest BCUT2D eigenvalue weighted by molar-refractivity contribution is -0.130. The van der Waals surface area contributed by atoms with Crippen molar-refractivity contribution in [3.05, 3.63) is 82.9 Å². The van der Waals surface area contributed by atoms with Crippen molar-refractivity contribution in [1.29, 1.82) is 0 Å². The number of likely N-dealkylation sites (tertiary alicyclic amines) is 1. The van der Waals surface area contributed by atoms with E-state index >= 15 is 0 Å². The number of nitrogens with zero attached hydrogens (tertiary/aromatic N) is 3. The zero-order chi connectivity index (χ0) is 22.0. The second-order valence-corrected chi connectivity index (χ2v) is 8.16. The zero-order valence-electron chi connectivity index (χ0n) is 18.6. The number of ether oxygens (including phenoxy) is 1. The third-order valence-electron chi connectivity index (χ3n) is 6.02. The van der Waals surface area contributed by atoms with Gasteiger partial charge in [-0.05, 0) is 68.5 Å². The molecule has 1 aliphatic heterocycles. The van der Waals surface area contributed by atoms with E-state index in [-0.39, 0.29) is 11.9 Å². The molecule has 0 radical (unpaired) electrons. The lowest BCUT2D eigenvalue weighted by Gasteiger charge is -2.34. The Morgan fingerprint density at radius 3 is 2.68 bits per heavy atom. The van der Waals surface area contributed by atoms with E-state index < -0.39 is 0 Å². The van der Waals surface area contributed by atoms with Gasteiger partial charge in [-0.1, -0.05) is 30.3 Å². The fraction of sp³-hybridized carbons (Fsp3) is 0.308. The first-order valence-corrected chi connectivity index (χ1v) is 10.7. The molecule has 2 aromatic carbocycles. The molecule has 0 saturated carbocycles. The summed E-state index contributed by atoms with van der Waals surface area (Å²) in [6, 6.07) is 14.4. The van der Waals surface area contributed by atoms with Crippen LogP contribution < -0.4 is 4.74 Å². The van der Waals surface area contributed by atoms with Gasteiger partial charge in [0.25, 0.3) is 0 Å². The van der Waals surface area contributed by atoms with Crippen LogP contribution in [0.1, 0.15) is 48.2 Å². The van der Waals surface area contributed by atoms with Gasteiger partial charge in [-0.3, -0.25) is 4.79 Å². The molecule has 0 N–H and O–H groups in total. The van der Waals surface area contributed by atoms with Gasteiger partial charge in [0.05, 0.1) is 30.9 Å². The van der Waals surface area contributed by atoms with Gasteiger partial charge in [0.15, 0.2) is 0 Å². The highest BCUT2D eigenvalue weighted by Crippen LogP contribution is 2.31. The van der Waals surface area contributed by atoms with Crippen molar-refractivity contribution in [2.45, 2.75) is 39.7 Å². The van der Waals surface area contributed by atoms with Gasteiger partial charge in [-0.25, -0.2) is 4.98 Å². The average Bonchev–Trinajstić information content (AvgIpc) is 3.21. The van der Waals surface area contributed by atoms with Crippen LogP contribution in [0.2, 0.25) is 0 Å². The summed E-state index contributed by atoms with van der Waals surface area (Å²) in [5, 5.41) is 0. The SMILES string of the molecule is COc1cc(/C=C2\CCCN([C@@H](C)c3ccccc3C)C2=O)ccc1-n1cnc(C)c1. The van der Waals surface area contributed by atoms with Crippen LogP contribution in [0.5, 0.6) is 5.75 Å². The molecule has 1 saturated heterocycles. The van der Waals surface area contributed by atoms with Gasteiger partial charge in [0.1, 0.15) is 5.75 Å². The van der Waals surface area contributed by atoms with Crippen molar-refractivity contribution in [3.8, 4) is 11.4 Å². The molecule has 1 amide bonds. The summed E-state index contributed by atoms with van der Waals surface area (Å²) in [5.74, 6) is 0.871.